The zero-order valence-electron chi connectivity index (χ0n) is 8.71. The SMILES string of the molecule is Nc1ccc(C(N=O)c2ccccc2)cc1. The molecule has 0 heterocycles. The summed E-state index contributed by atoms with van der Waals surface area (Å²) >= 11 is 0. The van der Waals surface area contributed by atoms with Gasteiger partial charge in [-0.3, -0.25) is 0 Å². The number of anilines is 1. The minimum Gasteiger partial charge on any atom is -0.399 e. The van der Waals surface area contributed by atoms with Gasteiger partial charge in [-0.25, -0.2) is 0 Å². The maximum Gasteiger partial charge on any atom is 0.142 e. The summed E-state index contributed by atoms with van der Waals surface area (Å²) in [6, 6.07) is 16.2. The van der Waals surface area contributed by atoms with E-state index in [1.165, 1.54) is 0 Å². The van der Waals surface area contributed by atoms with Gasteiger partial charge in [0, 0.05) is 5.69 Å². The lowest BCUT2D eigenvalue weighted by Crippen LogP contribution is -1.97. The molecule has 2 N–H and O–H groups in total. The van der Waals surface area contributed by atoms with Crippen LogP contribution in [0, 0.1) is 4.91 Å². The molecule has 0 aromatic heterocycles. The molecule has 2 aromatic rings. The Morgan fingerprint density at radius 3 is 2.00 bits per heavy atom. The Kier molecular flexibility index (Phi) is 2.96. The molecule has 0 aliphatic rings. The molecule has 0 aliphatic heterocycles. The first-order chi connectivity index (χ1) is 7.81. The molecule has 2 aromatic carbocycles. The summed E-state index contributed by atoms with van der Waals surface area (Å²) in [5, 5.41) is 3.17. The molecular formula is C13H12N2O. The van der Waals surface area contributed by atoms with E-state index in [1.54, 1.807) is 12.1 Å². The van der Waals surface area contributed by atoms with Gasteiger partial charge in [-0.1, -0.05) is 47.6 Å². The van der Waals surface area contributed by atoms with E-state index in [0.717, 1.165) is 11.1 Å². The summed E-state index contributed by atoms with van der Waals surface area (Å²) in [5.41, 5.74) is 8.03. The zero-order chi connectivity index (χ0) is 11.4. The highest BCUT2D eigenvalue weighted by Gasteiger charge is 2.13. The molecule has 3 nitrogen and oxygen atoms in total. The first-order valence-corrected chi connectivity index (χ1v) is 5.04. The average molecular weight is 212 g/mol. The zero-order valence-corrected chi connectivity index (χ0v) is 8.71. The van der Waals surface area contributed by atoms with Crippen molar-refractivity contribution in [3.63, 3.8) is 0 Å². The van der Waals surface area contributed by atoms with Crippen molar-refractivity contribution in [1.82, 2.24) is 0 Å². The summed E-state index contributed by atoms with van der Waals surface area (Å²) in [4.78, 5) is 10.9. The number of hydrogen-bond acceptors (Lipinski definition) is 3. The Morgan fingerprint density at radius 1 is 0.875 bits per heavy atom. The van der Waals surface area contributed by atoms with E-state index in [9.17, 15) is 4.91 Å². The number of nitrogen functional groups attached to an aromatic ring is 1. The van der Waals surface area contributed by atoms with Gasteiger partial charge in [0.05, 0.1) is 0 Å². The molecule has 16 heavy (non-hydrogen) atoms. The normalized spacial score (nSPS) is 12.0. The van der Waals surface area contributed by atoms with Crippen LogP contribution in [-0.4, -0.2) is 0 Å². The van der Waals surface area contributed by atoms with Crippen LogP contribution in [0.3, 0.4) is 0 Å². The third-order valence-electron chi connectivity index (χ3n) is 2.47. The molecule has 0 spiro atoms. The molecule has 2 rings (SSSR count). The highest BCUT2D eigenvalue weighted by atomic mass is 16.3. The monoisotopic (exact) mass is 212 g/mol. The molecular weight excluding hydrogens is 200 g/mol. The quantitative estimate of drug-likeness (QED) is 0.627. The summed E-state index contributed by atoms with van der Waals surface area (Å²) in [5.74, 6) is 0. The van der Waals surface area contributed by atoms with E-state index in [4.69, 9.17) is 5.73 Å². The maximum absolute atomic E-state index is 10.9. The van der Waals surface area contributed by atoms with Gasteiger partial charge in [0.25, 0.3) is 0 Å². The van der Waals surface area contributed by atoms with Crippen molar-refractivity contribution in [3.05, 3.63) is 70.6 Å². The number of nitroso groups, excluding NO2 is 1. The van der Waals surface area contributed by atoms with Crippen LogP contribution in [0.5, 0.6) is 0 Å². The molecule has 0 bridgehead atoms. The first kappa shape index (κ1) is 10.4. The Balaban J connectivity index is 2.37. The van der Waals surface area contributed by atoms with Gasteiger partial charge in [-0.2, -0.15) is 0 Å². The summed E-state index contributed by atoms with van der Waals surface area (Å²) in [6.45, 7) is 0. The van der Waals surface area contributed by atoms with E-state index in [-0.39, 0.29) is 0 Å². The lowest BCUT2D eigenvalue weighted by atomic mass is 9.99. The number of rotatable bonds is 3. The molecule has 80 valence electrons. The van der Waals surface area contributed by atoms with E-state index >= 15 is 0 Å². The standard InChI is InChI=1S/C13H12N2O/c14-12-8-6-11(7-9-12)13(15-16)10-4-2-1-3-5-10/h1-9,13H,14H2. The van der Waals surface area contributed by atoms with Crippen LogP contribution >= 0.6 is 0 Å². The maximum atomic E-state index is 10.9. The van der Waals surface area contributed by atoms with Gasteiger partial charge in [-0.15, -0.1) is 4.91 Å². The van der Waals surface area contributed by atoms with Crippen molar-refractivity contribution in [2.75, 3.05) is 5.73 Å². The summed E-state index contributed by atoms with van der Waals surface area (Å²) in [7, 11) is 0. The van der Waals surface area contributed by atoms with Gasteiger partial charge >= 0.3 is 0 Å². The molecule has 1 atom stereocenters. The third-order valence-corrected chi connectivity index (χ3v) is 2.47. The van der Waals surface area contributed by atoms with E-state index in [1.807, 2.05) is 42.5 Å². The Hall–Kier alpha value is -2.16. The highest BCUT2D eigenvalue weighted by Crippen LogP contribution is 2.25. The average Bonchev–Trinajstić information content (AvgIpc) is 2.34. The largest absolute Gasteiger partial charge is 0.399 e. The Morgan fingerprint density at radius 2 is 1.44 bits per heavy atom. The minimum atomic E-state index is -0.457. The molecule has 3 heteroatoms. The van der Waals surface area contributed by atoms with Crippen molar-refractivity contribution in [3.8, 4) is 0 Å². The fourth-order valence-corrected chi connectivity index (χ4v) is 1.63. The fourth-order valence-electron chi connectivity index (χ4n) is 1.63. The number of benzene rings is 2. The van der Waals surface area contributed by atoms with Crippen LogP contribution < -0.4 is 5.73 Å². The molecule has 0 amide bonds. The predicted octanol–water partition coefficient (Wildman–Crippen LogP) is 3.12. The number of hydrogen-bond donors (Lipinski definition) is 1. The number of nitrogens with zero attached hydrogens (tertiary/aromatic N) is 1. The van der Waals surface area contributed by atoms with Crippen LogP contribution in [0.2, 0.25) is 0 Å². The first-order valence-electron chi connectivity index (χ1n) is 5.04. The smallest absolute Gasteiger partial charge is 0.142 e. The van der Waals surface area contributed by atoms with Crippen LogP contribution in [0.1, 0.15) is 17.2 Å². The minimum absolute atomic E-state index is 0.457. The van der Waals surface area contributed by atoms with Crippen molar-refractivity contribution in [2.45, 2.75) is 6.04 Å². The molecule has 0 aliphatic carbocycles. The van der Waals surface area contributed by atoms with Crippen LogP contribution in [0.15, 0.2) is 59.8 Å². The highest BCUT2D eigenvalue weighted by molar-refractivity contribution is 5.42. The molecule has 0 saturated carbocycles. The second-order valence-corrected chi connectivity index (χ2v) is 3.59. The molecule has 0 radical (unpaired) electrons. The lowest BCUT2D eigenvalue weighted by Gasteiger charge is -2.09. The van der Waals surface area contributed by atoms with Crippen molar-refractivity contribution >= 4 is 5.69 Å². The Bertz CT molecular complexity index is 465. The predicted molar refractivity (Wildman–Crippen MR) is 64.9 cm³/mol. The molecule has 1 unspecified atom stereocenters. The second kappa shape index (κ2) is 4.57. The van der Waals surface area contributed by atoms with Crippen molar-refractivity contribution < 1.29 is 0 Å². The van der Waals surface area contributed by atoms with Gasteiger partial charge in [0.2, 0.25) is 0 Å². The second-order valence-electron chi connectivity index (χ2n) is 3.59. The van der Waals surface area contributed by atoms with E-state index < -0.39 is 6.04 Å². The van der Waals surface area contributed by atoms with Gasteiger partial charge < -0.3 is 5.73 Å². The van der Waals surface area contributed by atoms with Crippen molar-refractivity contribution in [2.24, 2.45) is 5.18 Å². The van der Waals surface area contributed by atoms with Crippen LogP contribution in [0.4, 0.5) is 5.69 Å². The topological polar surface area (TPSA) is 55.4 Å². The van der Waals surface area contributed by atoms with Crippen LogP contribution in [0.25, 0.3) is 0 Å². The van der Waals surface area contributed by atoms with Crippen LogP contribution in [-0.2, 0) is 0 Å². The van der Waals surface area contributed by atoms with E-state index in [0.29, 0.717) is 5.69 Å². The van der Waals surface area contributed by atoms with E-state index in [2.05, 4.69) is 5.18 Å². The fraction of sp³-hybridized carbons (Fsp3) is 0.0769. The Labute approximate surface area is 93.9 Å². The van der Waals surface area contributed by atoms with Crippen molar-refractivity contribution in [1.29, 1.82) is 0 Å². The molecule has 0 fully saturated rings. The summed E-state index contributed by atoms with van der Waals surface area (Å²) in [6.07, 6.45) is 0. The third kappa shape index (κ3) is 2.08. The molecule has 0 saturated heterocycles. The summed E-state index contributed by atoms with van der Waals surface area (Å²) < 4.78 is 0. The van der Waals surface area contributed by atoms with Gasteiger partial charge in [-0.05, 0) is 23.3 Å². The number of nitrogens with two attached hydrogens (primary N) is 1. The van der Waals surface area contributed by atoms with Gasteiger partial charge in [0.15, 0.2) is 0 Å². The lowest BCUT2D eigenvalue weighted by molar-refractivity contribution is 0.864. The van der Waals surface area contributed by atoms with Gasteiger partial charge in [0.1, 0.15) is 6.04 Å².